The highest BCUT2D eigenvalue weighted by Gasteiger charge is 2.11. The molecular weight excluding hydrogens is 252 g/mol. The second kappa shape index (κ2) is 6.36. The van der Waals surface area contributed by atoms with E-state index in [4.69, 9.17) is 0 Å². The molecule has 0 saturated heterocycles. The molecule has 2 aromatic heterocycles. The zero-order valence-corrected chi connectivity index (χ0v) is 12.6. The molecule has 0 aromatic carbocycles. The van der Waals surface area contributed by atoms with Crippen molar-refractivity contribution in [2.75, 3.05) is 17.2 Å². The van der Waals surface area contributed by atoms with Gasteiger partial charge in [-0.1, -0.05) is 13.8 Å². The van der Waals surface area contributed by atoms with Crippen molar-refractivity contribution in [1.29, 1.82) is 0 Å². The molecular formula is C14H22N6. The van der Waals surface area contributed by atoms with Crippen molar-refractivity contribution in [3.05, 3.63) is 23.8 Å². The normalized spacial score (nSPS) is 10.6. The summed E-state index contributed by atoms with van der Waals surface area (Å²) < 4.78 is 1.79. The van der Waals surface area contributed by atoms with Gasteiger partial charge in [0.05, 0.1) is 11.4 Å². The third-order valence-corrected chi connectivity index (χ3v) is 3.11. The monoisotopic (exact) mass is 274 g/mol. The molecule has 0 unspecified atom stereocenters. The number of aromatic nitrogens is 4. The minimum atomic E-state index is 0.845. The molecule has 0 saturated carbocycles. The van der Waals surface area contributed by atoms with Gasteiger partial charge in [-0.05, 0) is 19.8 Å². The van der Waals surface area contributed by atoms with Gasteiger partial charge in [-0.2, -0.15) is 5.10 Å². The van der Waals surface area contributed by atoms with Gasteiger partial charge >= 0.3 is 0 Å². The first-order valence-electron chi connectivity index (χ1n) is 7.00. The molecule has 0 bridgehead atoms. The fourth-order valence-corrected chi connectivity index (χ4v) is 2.10. The van der Waals surface area contributed by atoms with E-state index in [2.05, 4.69) is 39.5 Å². The standard InChI is InChI=1S/C14H22N6/c1-5-7-15-13-11(6-2)14(17-9-16-13)18-12-8-20(4)19-10(12)3/h8-9H,5-7H2,1-4H3,(H2,15,16,17,18). The Morgan fingerprint density at radius 1 is 1.20 bits per heavy atom. The summed E-state index contributed by atoms with van der Waals surface area (Å²) in [6.45, 7) is 7.13. The third kappa shape index (κ3) is 3.07. The molecule has 2 N–H and O–H groups in total. The van der Waals surface area contributed by atoms with E-state index >= 15 is 0 Å². The summed E-state index contributed by atoms with van der Waals surface area (Å²) in [6, 6.07) is 0. The number of nitrogens with zero attached hydrogens (tertiary/aromatic N) is 4. The molecule has 0 aliphatic carbocycles. The third-order valence-electron chi connectivity index (χ3n) is 3.11. The first-order chi connectivity index (χ1) is 9.65. The number of anilines is 3. The van der Waals surface area contributed by atoms with Crippen molar-refractivity contribution >= 4 is 17.3 Å². The molecule has 2 aromatic rings. The highest BCUT2D eigenvalue weighted by Crippen LogP contribution is 2.25. The Morgan fingerprint density at radius 3 is 2.55 bits per heavy atom. The smallest absolute Gasteiger partial charge is 0.139 e. The maximum Gasteiger partial charge on any atom is 0.139 e. The number of hydrogen-bond donors (Lipinski definition) is 2. The summed E-state index contributed by atoms with van der Waals surface area (Å²) >= 11 is 0. The molecule has 20 heavy (non-hydrogen) atoms. The van der Waals surface area contributed by atoms with Crippen molar-refractivity contribution in [3.63, 3.8) is 0 Å². The van der Waals surface area contributed by atoms with Crippen molar-refractivity contribution in [3.8, 4) is 0 Å². The topological polar surface area (TPSA) is 67.7 Å². The maximum atomic E-state index is 4.36. The van der Waals surface area contributed by atoms with Crippen molar-refractivity contribution in [2.45, 2.75) is 33.6 Å². The van der Waals surface area contributed by atoms with Crippen LogP contribution in [0.2, 0.25) is 0 Å². The fraction of sp³-hybridized carbons (Fsp3) is 0.500. The SMILES string of the molecule is CCCNc1ncnc(Nc2cn(C)nc2C)c1CC. The largest absolute Gasteiger partial charge is 0.370 e. The van der Waals surface area contributed by atoms with Gasteiger partial charge in [-0.25, -0.2) is 9.97 Å². The summed E-state index contributed by atoms with van der Waals surface area (Å²) in [6.07, 6.45) is 5.48. The minimum absolute atomic E-state index is 0.845. The Labute approximate surface area is 119 Å². The van der Waals surface area contributed by atoms with Gasteiger partial charge in [0.15, 0.2) is 0 Å². The zero-order chi connectivity index (χ0) is 14.5. The lowest BCUT2D eigenvalue weighted by atomic mass is 10.2. The highest BCUT2D eigenvalue weighted by molar-refractivity contribution is 5.65. The van der Waals surface area contributed by atoms with E-state index in [9.17, 15) is 0 Å². The van der Waals surface area contributed by atoms with E-state index < -0.39 is 0 Å². The number of nitrogens with one attached hydrogen (secondary N) is 2. The van der Waals surface area contributed by atoms with Gasteiger partial charge in [-0.3, -0.25) is 4.68 Å². The summed E-state index contributed by atoms with van der Waals surface area (Å²) in [4.78, 5) is 8.70. The summed E-state index contributed by atoms with van der Waals surface area (Å²) in [5.74, 6) is 1.76. The van der Waals surface area contributed by atoms with Crippen LogP contribution in [0.1, 0.15) is 31.5 Å². The van der Waals surface area contributed by atoms with E-state index in [1.54, 1.807) is 11.0 Å². The average Bonchev–Trinajstić information content (AvgIpc) is 2.74. The van der Waals surface area contributed by atoms with Gasteiger partial charge in [0, 0.05) is 25.4 Å². The van der Waals surface area contributed by atoms with Crippen LogP contribution in [0.3, 0.4) is 0 Å². The highest BCUT2D eigenvalue weighted by atomic mass is 15.3. The summed E-state index contributed by atoms with van der Waals surface area (Å²) in [5, 5.41) is 11.0. The average molecular weight is 274 g/mol. The molecule has 0 radical (unpaired) electrons. The lowest BCUT2D eigenvalue weighted by Gasteiger charge is -2.13. The van der Waals surface area contributed by atoms with Crippen LogP contribution in [-0.4, -0.2) is 26.3 Å². The van der Waals surface area contributed by atoms with Crippen molar-refractivity contribution < 1.29 is 0 Å². The van der Waals surface area contributed by atoms with Gasteiger partial charge in [-0.15, -0.1) is 0 Å². The van der Waals surface area contributed by atoms with Crippen LogP contribution in [0.25, 0.3) is 0 Å². The quantitative estimate of drug-likeness (QED) is 0.847. The Morgan fingerprint density at radius 2 is 1.95 bits per heavy atom. The maximum absolute atomic E-state index is 4.36. The molecule has 6 heteroatoms. The molecule has 0 spiro atoms. The minimum Gasteiger partial charge on any atom is -0.370 e. The van der Waals surface area contributed by atoms with Crippen LogP contribution in [0.4, 0.5) is 17.3 Å². The van der Waals surface area contributed by atoms with Crippen LogP contribution in [0.15, 0.2) is 12.5 Å². The molecule has 108 valence electrons. The molecule has 2 rings (SSSR count). The van der Waals surface area contributed by atoms with Crippen LogP contribution in [0.5, 0.6) is 0 Å². The van der Waals surface area contributed by atoms with Crippen LogP contribution >= 0.6 is 0 Å². The predicted molar refractivity (Wildman–Crippen MR) is 81.4 cm³/mol. The Balaban J connectivity index is 2.29. The second-order valence-electron chi connectivity index (χ2n) is 4.76. The molecule has 0 aliphatic rings. The molecule has 6 nitrogen and oxygen atoms in total. The number of hydrogen-bond acceptors (Lipinski definition) is 5. The first-order valence-corrected chi connectivity index (χ1v) is 7.00. The second-order valence-corrected chi connectivity index (χ2v) is 4.76. The Hall–Kier alpha value is -2.11. The van der Waals surface area contributed by atoms with E-state index in [0.29, 0.717) is 0 Å². The molecule has 0 amide bonds. The summed E-state index contributed by atoms with van der Waals surface area (Å²) in [7, 11) is 1.91. The van der Waals surface area contributed by atoms with Crippen molar-refractivity contribution in [2.24, 2.45) is 7.05 Å². The van der Waals surface area contributed by atoms with Gasteiger partial charge in [0.25, 0.3) is 0 Å². The van der Waals surface area contributed by atoms with Crippen molar-refractivity contribution in [1.82, 2.24) is 19.7 Å². The van der Waals surface area contributed by atoms with Gasteiger partial charge in [0.1, 0.15) is 18.0 Å². The van der Waals surface area contributed by atoms with E-state index in [-0.39, 0.29) is 0 Å². The molecule has 0 aliphatic heterocycles. The Bertz CT molecular complexity index is 575. The zero-order valence-electron chi connectivity index (χ0n) is 12.6. The fourth-order valence-electron chi connectivity index (χ4n) is 2.10. The van der Waals surface area contributed by atoms with Gasteiger partial charge < -0.3 is 10.6 Å². The Kier molecular flexibility index (Phi) is 4.55. The van der Waals surface area contributed by atoms with Crippen LogP contribution < -0.4 is 10.6 Å². The molecule has 0 fully saturated rings. The number of aryl methyl sites for hydroxylation is 2. The predicted octanol–water partition coefficient (Wildman–Crippen LogP) is 2.65. The van der Waals surface area contributed by atoms with E-state index in [1.807, 2.05) is 20.2 Å². The first kappa shape index (κ1) is 14.3. The van der Waals surface area contributed by atoms with E-state index in [1.165, 1.54) is 0 Å². The van der Waals surface area contributed by atoms with Gasteiger partial charge in [0.2, 0.25) is 0 Å². The van der Waals surface area contributed by atoms with Crippen LogP contribution in [0, 0.1) is 6.92 Å². The summed E-state index contributed by atoms with van der Waals surface area (Å²) in [5.41, 5.74) is 3.03. The lowest BCUT2D eigenvalue weighted by Crippen LogP contribution is -2.08. The van der Waals surface area contributed by atoms with E-state index in [0.717, 1.165) is 48.0 Å². The lowest BCUT2D eigenvalue weighted by molar-refractivity contribution is 0.756. The number of rotatable bonds is 6. The molecule has 2 heterocycles. The van der Waals surface area contributed by atoms with Crippen LogP contribution in [-0.2, 0) is 13.5 Å². The molecule has 0 atom stereocenters.